The number of imide groups is 1. The van der Waals surface area contributed by atoms with E-state index in [2.05, 4.69) is 0 Å². The van der Waals surface area contributed by atoms with Gasteiger partial charge in [0.25, 0.3) is 0 Å². The number of carboxylic acids is 1. The zero-order chi connectivity index (χ0) is 14.6. The molecule has 5 heteroatoms. The van der Waals surface area contributed by atoms with Crippen molar-refractivity contribution in [2.24, 2.45) is 29.6 Å². The van der Waals surface area contributed by atoms with Crippen molar-refractivity contribution in [3.05, 3.63) is 12.2 Å². The maximum absolute atomic E-state index is 12.5. The van der Waals surface area contributed by atoms with Gasteiger partial charge in [-0.1, -0.05) is 26.0 Å². The molecule has 1 aliphatic heterocycles. The second-order valence-electron chi connectivity index (χ2n) is 6.53. The molecule has 5 nitrogen and oxygen atoms in total. The summed E-state index contributed by atoms with van der Waals surface area (Å²) in [6, 6.07) is -1.01. The van der Waals surface area contributed by atoms with Crippen LogP contribution in [0.5, 0.6) is 0 Å². The SMILES string of the molecule is CC(C)CC(C(=O)O)N1C(=O)C2C3C=CC(C3)C2C1=O. The molecule has 1 heterocycles. The summed E-state index contributed by atoms with van der Waals surface area (Å²) >= 11 is 0. The van der Waals surface area contributed by atoms with E-state index in [9.17, 15) is 19.5 Å². The van der Waals surface area contributed by atoms with Crippen molar-refractivity contribution >= 4 is 17.8 Å². The first-order valence-corrected chi connectivity index (χ1v) is 7.20. The van der Waals surface area contributed by atoms with Crippen molar-refractivity contribution in [1.29, 1.82) is 0 Å². The van der Waals surface area contributed by atoms with Crippen LogP contribution in [0.25, 0.3) is 0 Å². The van der Waals surface area contributed by atoms with Crippen LogP contribution in [-0.4, -0.2) is 33.8 Å². The third-order valence-electron chi connectivity index (χ3n) is 4.80. The van der Waals surface area contributed by atoms with E-state index in [1.54, 1.807) is 0 Å². The van der Waals surface area contributed by atoms with Crippen LogP contribution < -0.4 is 0 Å². The Kier molecular flexibility index (Phi) is 2.96. The molecule has 0 radical (unpaired) electrons. The fraction of sp³-hybridized carbons (Fsp3) is 0.667. The van der Waals surface area contributed by atoms with Gasteiger partial charge in [-0.25, -0.2) is 4.79 Å². The van der Waals surface area contributed by atoms with Gasteiger partial charge in [-0.15, -0.1) is 0 Å². The van der Waals surface area contributed by atoms with Crippen LogP contribution in [0.4, 0.5) is 0 Å². The van der Waals surface area contributed by atoms with Gasteiger partial charge in [0, 0.05) is 0 Å². The number of hydrogen-bond acceptors (Lipinski definition) is 3. The van der Waals surface area contributed by atoms with Crippen molar-refractivity contribution in [2.45, 2.75) is 32.7 Å². The summed E-state index contributed by atoms with van der Waals surface area (Å²) in [7, 11) is 0. The van der Waals surface area contributed by atoms with E-state index in [-0.39, 0.29) is 41.4 Å². The fourth-order valence-corrected chi connectivity index (χ4v) is 4.00. The lowest BCUT2D eigenvalue weighted by molar-refractivity contribution is -0.156. The molecule has 0 aromatic heterocycles. The largest absolute Gasteiger partial charge is 0.480 e. The average Bonchev–Trinajstić information content (AvgIpc) is 3.01. The summed E-state index contributed by atoms with van der Waals surface area (Å²) in [5.74, 6) is -1.89. The molecule has 108 valence electrons. The number of carbonyl (C=O) groups is 3. The van der Waals surface area contributed by atoms with Crippen molar-refractivity contribution in [3.63, 3.8) is 0 Å². The number of amides is 2. The average molecular weight is 277 g/mol. The van der Waals surface area contributed by atoms with Gasteiger partial charge in [0.2, 0.25) is 11.8 Å². The number of aliphatic carboxylic acids is 1. The summed E-state index contributed by atoms with van der Waals surface area (Å²) in [6.45, 7) is 3.79. The van der Waals surface area contributed by atoms with E-state index in [1.807, 2.05) is 26.0 Å². The Hall–Kier alpha value is -1.65. The quantitative estimate of drug-likeness (QED) is 0.620. The lowest BCUT2D eigenvalue weighted by Gasteiger charge is -2.25. The van der Waals surface area contributed by atoms with Crippen molar-refractivity contribution in [1.82, 2.24) is 4.90 Å². The van der Waals surface area contributed by atoms with Crippen LogP contribution >= 0.6 is 0 Å². The van der Waals surface area contributed by atoms with E-state index in [0.717, 1.165) is 11.3 Å². The minimum atomic E-state index is -1.08. The summed E-state index contributed by atoms with van der Waals surface area (Å²) in [5.41, 5.74) is 0. The first-order chi connectivity index (χ1) is 9.41. The molecular formula is C15H19NO4. The van der Waals surface area contributed by atoms with E-state index < -0.39 is 12.0 Å². The van der Waals surface area contributed by atoms with E-state index in [0.29, 0.717) is 6.42 Å². The molecule has 5 unspecified atom stereocenters. The molecule has 5 atom stereocenters. The van der Waals surface area contributed by atoms with Gasteiger partial charge >= 0.3 is 5.97 Å². The Morgan fingerprint density at radius 3 is 2.15 bits per heavy atom. The fourth-order valence-electron chi connectivity index (χ4n) is 4.00. The molecule has 0 spiro atoms. The van der Waals surface area contributed by atoms with E-state index in [4.69, 9.17) is 0 Å². The second kappa shape index (κ2) is 4.43. The number of nitrogens with zero attached hydrogens (tertiary/aromatic N) is 1. The normalized spacial score (nSPS) is 36.0. The van der Waals surface area contributed by atoms with Crippen LogP contribution in [0.2, 0.25) is 0 Å². The minimum Gasteiger partial charge on any atom is -0.480 e. The van der Waals surface area contributed by atoms with Gasteiger partial charge in [-0.3, -0.25) is 14.5 Å². The molecule has 1 saturated heterocycles. The molecule has 3 rings (SSSR count). The lowest BCUT2D eigenvalue weighted by atomic mass is 9.85. The monoisotopic (exact) mass is 277 g/mol. The van der Waals surface area contributed by atoms with Gasteiger partial charge in [-0.05, 0) is 30.6 Å². The van der Waals surface area contributed by atoms with Crippen LogP contribution in [0.1, 0.15) is 26.7 Å². The maximum atomic E-state index is 12.5. The van der Waals surface area contributed by atoms with Gasteiger partial charge in [0.15, 0.2) is 0 Å². The molecule has 1 N–H and O–H groups in total. The molecule has 3 aliphatic rings. The smallest absolute Gasteiger partial charge is 0.326 e. The topological polar surface area (TPSA) is 74.7 Å². The van der Waals surface area contributed by atoms with Crippen LogP contribution in [0, 0.1) is 29.6 Å². The zero-order valence-corrected chi connectivity index (χ0v) is 11.7. The molecule has 2 aliphatic carbocycles. The Bertz CT molecular complexity index is 480. The van der Waals surface area contributed by atoms with Crippen molar-refractivity contribution < 1.29 is 19.5 Å². The number of allylic oxidation sites excluding steroid dienone is 2. The Morgan fingerprint density at radius 2 is 1.75 bits per heavy atom. The van der Waals surface area contributed by atoms with Crippen molar-refractivity contribution in [2.75, 3.05) is 0 Å². The second-order valence-corrected chi connectivity index (χ2v) is 6.53. The first kappa shape index (κ1) is 13.3. The number of fused-ring (bicyclic) bond motifs is 5. The highest BCUT2D eigenvalue weighted by atomic mass is 16.4. The Morgan fingerprint density at radius 1 is 1.25 bits per heavy atom. The summed E-state index contributed by atoms with van der Waals surface area (Å²) < 4.78 is 0. The number of hydrogen-bond donors (Lipinski definition) is 1. The third-order valence-corrected chi connectivity index (χ3v) is 4.80. The number of carbonyl (C=O) groups excluding carboxylic acids is 2. The Labute approximate surface area is 117 Å². The standard InChI is InChI=1S/C15H19NO4/c1-7(2)5-10(15(19)20)16-13(17)11-8-3-4-9(6-8)12(11)14(16)18/h3-4,7-12H,5-6H2,1-2H3,(H,19,20). The lowest BCUT2D eigenvalue weighted by Crippen LogP contribution is -2.47. The van der Waals surface area contributed by atoms with Crippen molar-refractivity contribution in [3.8, 4) is 0 Å². The highest BCUT2D eigenvalue weighted by molar-refractivity contribution is 6.08. The highest BCUT2D eigenvalue weighted by Crippen LogP contribution is 2.53. The number of rotatable bonds is 4. The zero-order valence-electron chi connectivity index (χ0n) is 11.7. The Balaban J connectivity index is 1.90. The summed E-state index contributed by atoms with van der Waals surface area (Å²) in [6.07, 6.45) is 5.20. The first-order valence-electron chi connectivity index (χ1n) is 7.20. The molecule has 2 fully saturated rings. The van der Waals surface area contributed by atoms with Gasteiger partial charge in [-0.2, -0.15) is 0 Å². The van der Waals surface area contributed by atoms with Crippen LogP contribution in [-0.2, 0) is 14.4 Å². The van der Waals surface area contributed by atoms with Crippen LogP contribution in [0.3, 0.4) is 0 Å². The molecule has 1 saturated carbocycles. The van der Waals surface area contributed by atoms with E-state index in [1.165, 1.54) is 0 Å². The summed E-state index contributed by atoms with van der Waals surface area (Å²) in [5, 5.41) is 9.37. The summed E-state index contributed by atoms with van der Waals surface area (Å²) in [4.78, 5) is 37.5. The number of likely N-dealkylation sites (tertiary alicyclic amines) is 1. The van der Waals surface area contributed by atoms with E-state index >= 15 is 0 Å². The predicted octanol–water partition coefficient (Wildman–Crippen LogP) is 1.29. The molecular weight excluding hydrogens is 258 g/mol. The molecule has 2 bridgehead atoms. The maximum Gasteiger partial charge on any atom is 0.326 e. The molecule has 20 heavy (non-hydrogen) atoms. The highest BCUT2D eigenvalue weighted by Gasteiger charge is 2.61. The predicted molar refractivity (Wildman–Crippen MR) is 70.4 cm³/mol. The molecule has 0 aromatic carbocycles. The van der Waals surface area contributed by atoms with Crippen LogP contribution in [0.15, 0.2) is 12.2 Å². The number of carboxylic acid groups (broad SMARTS) is 1. The minimum absolute atomic E-state index is 0.118. The van der Waals surface area contributed by atoms with Gasteiger partial charge in [0.1, 0.15) is 6.04 Å². The van der Waals surface area contributed by atoms with Gasteiger partial charge in [0.05, 0.1) is 11.8 Å². The molecule has 2 amide bonds. The third kappa shape index (κ3) is 1.72. The molecule has 0 aromatic rings. The van der Waals surface area contributed by atoms with Gasteiger partial charge < -0.3 is 5.11 Å².